The van der Waals surface area contributed by atoms with Gasteiger partial charge in [-0.05, 0) is 12.5 Å². The molecule has 1 aromatic heterocycles. The van der Waals surface area contributed by atoms with Crippen LogP contribution < -0.4 is 16.4 Å². The minimum atomic E-state index is -0.607. The minimum Gasteiger partial charge on any atom is -0.396 e. The third kappa shape index (κ3) is 2.98. The second kappa shape index (κ2) is 5.85. The zero-order valence-corrected chi connectivity index (χ0v) is 12.7. The first-order valence-electron chi connectivity index (χ1n) is 6.33. The van der Waals surface area contributed by atoms with E-state index in [2.05, 4.69) is 6.07 Å². The number of aryl methyl sites for hydroxylation is 1. The van der Waals surface area contributed by atoms with Crippen molar-refractivity contribution in [3.8, 4) is 6.07 Å². The van der Waals surface area contributed by atoms with Crippen LogP contribution in [0.1, 0.15) is 26.4 Å². The number of carbonyl (C=O) groups is 1. The standard InChI is InChI=1S/C15H16N4OS/c1-9-3-5-10(6-4-9)8-19(2)15-11(7-16)12(17)13(21-15)14(18)20/h3-6H,8,17H2,1-2H3,(H2,18,20). The van der Waals surface area contributed by atoms with Crippen LogP contribution in [0.2, 0.25) is 0 Å². The number of nitrogens with two attached hydrogens (primary N) is 2. The molecule has 6 heteroatoms. The Morgan fingerprint density at radius 2 is 2.00 bits per heavy atom. The molecule has 1 aromatic carbocycles. The Morgan fingerprint density at radius 3 is 2.52 bits per heavy atom. The second-order valence-electron chi connectivity index (χ2n) is 4.84. The van der Waals surface area contributed by atoms with E-state index in [9.17, 15) is 10.1 Å². The van der Waals surface area contributed by atoms with Crippen LogP contribution in [-0.2, 0) is 6.54 Å². The van der Waals surface area contributed by atoms with Gasteiger partial charge >= 0.3 is 0 Å². The zero-order chi connectivity index (χ0) is 15.6. The highest BCUT2D eigenvalue weighted by Crippen LogP contribution is 2.37. The Kier molecular flexibility index (Phi) is 4.15. The predicted molar refractivity (Wildman–Crippen MR) is 85.3 cm³/mol. The minimum absolute atomic E-state index is 0.167. The SMILES string of the molecule is Cc1ccc(CN(C)c2sc(C(N)=O)c(N)c2C#N)cc1. The van der Waals surface area contributed by atoms with Crippen LogP contribution in [-0.4, -0.2) is 13.0 Å². The molecule has 1 amide bonds. The van der Waals surface area contributed by atoms with Crippen LogP contribution in [0.3, 0.4) is 0 Å². The number of nitrogens with zero attached hydrogens (tertiary/aromatic N) is 2. The number of hydrogen-bond acceptors (Lipinski definition) is 5. The maximum absolute atomic E-state index is 11.3. The van der Waals surface area contributed by atoms with Gasteiger partial charge in [0, 0.05) is 13.6 Å². The summed E-state index contributed by atoms with van der Waals surface area (Å²) in [6, 6.07) is 10.2. The van der Waals surface area contributed by atoms with E-state index in [0.717, 1.165) is 16.9 Å². The summed E-state index contributed by atoms with van der Waals surface area (Å²) >= 11 is 1.15. The lowest BCUT2D eigenvalue weighted by Gasteiger charge is -2.18. The highest BCUT2D eigenvalue weighted by Gasteiger charge is 2.21. The van der Waals surface area contributed by atoms with Gasteiger partial charge in [-0.3, -0.25) is 4.79 Å². The van der Waals surface area contributed by atoms with E-state index in [1.165, 1.54) is 5.56 Å². The lowest BCUT2D eigenvalue weighted by atomic mass is 10.1. The summed E-state index contributed by atoms with van der Waals surface area (Å²) in [5.74, 6) is -0.607. The van der Waals surface area contributed by atoms with Gasteiger partial charge in [0.05, 0.1) is 5.69 Å². The van der Waals surface area contributed by atoms with Gasteiger partial charge in [0.25, 0.3) is 5.91 Å². The van der Waals surface area contributed by atoms with E-state index in [1.807, 2.05) is 43.1 Å². The van der Waals surface area contributed by atoms with Crippen molar-refractivity contribution in [2.45, 2.75) is 13.5 Å². The Labute approximate surface area is 127 Å². The monoisotopic (exact) mass is 300 g/mol. The van der Waals surface area contributed by atoms with Crippen molar-refractivity contribution in [1.29, 1.82) is 5.26 Å². The maximum atomic E-state index is 11.3. The summed E-state index contributed by atoms with van der Waals surface area (Å²) in [6.07, 6.45) is 0. The van der Waals surface area contributed by atoms with Crippen molar-refractivity contribution in [1.82, 2.24) is 0 Å². The number of carbonyl (C=O) groups excluding carboxylic acids is 1. The summed E-state index contributed by atoms with van der Waals surface area (Å²) < 4.78 is 0. The molecule has 4 N–H and O–H groups in total. The zero-order valence-electron chi connectivity index (χ0n) is 11.9. The number of hydrogen-bond donors (Lipinski definition) is 2. The molecule has 0 aliphatic rings. The van der Waals surface area contributed by atoms with Gasteiger partial charge in [0.2, 0.25) is 0 Å². The van der Waals surface area contributed by atoms with Crippen molar-refractivity contribution in [2.75, 3.05) is 17.7 Å². The molecule has 0 aliphatic heterocycles. The molecule has 2 rings (SSSR count). The molecular formula is C15H16N4OS. The molecule has 5 nitrogen and oxygen atoms in total. The van der Waals surface area contributed by atoms with Crippen LogP contribution >= 0.6 is 11.3 Å². The highest BCUT2D eigenvalue weighted by atomic mass is 32.1. The highest BCUT2D eigenvalue weighted by molar-refractivity contribution is 7.19. The molecule has 0 aliphatic carbocycles. The fourth-order valence-corrected chi connectivity index (χ4v) is 3.01. The van der Waals surface area contributed by atoms with Gasteiger partial charge in [-0.25, -0.2) is 0 Å². The lowest BCUT2D eigenvalue weighted by molar-refractivity contribution is 0.100. The lowest BCUT2D eigenvalue weighted by Crippen LogP contribution is -2.16. The van der Waals surface area contributed by atoms with Crippen LogP contribution in [0.15, 0.2) is 24.3 Å². The van der Waals surface area contributed by atoms with Crippen LogP contribution in [0.4, 0.5) is 10.7 Å². The molecule has 1 heterocycles. The number of thiophene rings is 1. The molecule has 0 fully saturated rings. The van der Waals surface area contributed by atoms with Crippen LogP contribution in [0.5, 0.6) is 0 Å². The fraction of sp³-hybridized carbons (Fsp3) is 0.200. The number of benzene rings is 1. The molecule has 108 valence electrons. The summed E-state index contributed by atoms with van der Waals surface area (Å²) in [7, 11) is 1.86. The van der Waals surface area contributed by atoms with Gasteiger partial charge < -0.3 is 16.4 Å². The van der Waals surface area contributed by atoms with Crippen molar-refractivity contribution in [3.63, 3.8) is 0 Å². The normalized spacial score (nSPS) is 10.1. The summed E-state index contributed by atoms with van der Waals surface area (Å²) in [5, 5.41) is 9.90. The summed E-state index contributed by atoms with van der Waals surface area (Å²) in [6.45, 7) is 2.65. The third-order valence-corrected chi connectivity index (χ3v) is 4.48. The second-order valence-corrected chi connectivity index (χ2v) is 5.84. The number of nitriles is 1. The summed E-state index contributed by atoms with van der Waals surface area (Å²) in [5.41, 5.74) is 13.9. The number of primary amides is 1. The molecule has 21 heavy (non-hydrogen) atoms. The largest absolute Gasteiger partial charge is 0.396 e. The molecule has 0 saturated heterocycles. The van der Waals surface area contributed by atoms with Crippen LogP contribution in [0.25, 0.3) is 0 Å². The Balaban J connectivity index is 2.33. The predicted octanol–water partition coefficient (Wildman–Crippen LogP) is 2.25. The number of rotatable bonds is 4. The molecule has 2 aromatic rings. The molecule has 0 radical (unpaired) electrons. The third-order valence-electron chi connectivity index (χ3n) is 3.15. The quantitative estimate of drug-likeness (QED) is 0.905. The fourth-order valence-electron chi connectivity index (χ4n) is 2.03. The number of nitrogen functional groups attached to an aromatic ring is 1. The molecular weight excluding hydrogens is 284 g/mol. The van der Waals surface area contributed by atoms with Gasteiger partial charge in [-0.2, -0.15) is 5.26 Å². The number of anilines is 2. The first-order chi connectivity index (χ1) is 9.93. The van der Waals surface area contributed by atoms with E-state index in [0.29, 0.717) is 17.1 Å². The molecule has 0 bridgehead atoms. The van der Waals surface area contributed by atoms with Crippen LogP contribution in [0, 0.1) is 18.3 Å². The Hall–Kier alpha value is -2.52. The Morgan fingerprint density at radius 1 is 1.38 bits per heavy atom. The number of amides is 1. The molecule has 0 atom stereocenters. The molecule has 0 saturated carbocycles. The van der Waals surface area contributed by atoms with Crippen molar-refractivity contribution < 1.29 is 4.79 Å². The van der Waals surface area contributed by atoms with Gasteiger partial charge in [-0.15, -0.1) is 11.3 Å². The van der Waals surface area contributed by atoms with E-state index >= 15 is 0 Å². The smallest absolute Gasteiger partial charge is 0.261 e. The van der Waals surface area contributed by atoms with Gasteiger partial charge in [-0.1, -0.05) is 29.8 Å². The average Bonchev–Trinajstić information content (AvgIpc) is 2.78. The van der Waals surface area contributed by atoms with E-state index < -0.39 is 5.91 Å². The van der Waals surface area contributed by atoms with Crippen molar-refractivity contribution in [2.24, 2.45) is 5.73 Å². The topological polar surface area (TPSA) is 96.1 Å². The van der Waals surface area contributed by atoms with E-state index in [1.54, 1.807) is 0 Å². The first-order valence-corrected chi connectivity index (χ1v) is 7.14. The average molecular weight is 300 g/mol. The van der Waals surface area contributed by atoms with Crippen molar-refractivity contribution >= 4 is 27.9 Å². The first kappa shape index (κ1) is 14.9. The maximum Gasteiger partial charge on any atom is 0.261 e. The van der Waals surface area contributed by atoms with Crippen molar-refractivity contribution in [3.05, 3.63) is 45.8 Å². The van der Waals surface area contributed by atoms with E-state index in [-0.39, 0.29) is 10.6 Å². The summed E-state index contributed by atoms with van der Waals surface area (Å²) in [4.78, 5) is 13.5. The van der Waals surface area contributed by atoms with E-state index in [4.69, 9.17) is 11.5 Å². The molecule has 0 spiro atoms. The van der Waals surface area contributed by atoms with Gasteiger partial charge in [0.15, 0.2) is 0 Å². The Bertz CT molecular complexity index is 713. The van der Waals surface area contributed by atoms with Gasteiger partial charge in [0.1, 0.15) is 21.5 Å². The molecule has 0 unspecified atom stereocenters.